The van der Waals surface area contributed by atoms with Gasteiger partial charge in [-0.1, -0.05) is 29.8 Å². The number of benzene rings is 2. The Morgan fingerprint density at radius 1 is 1.03 bits per heavy atom. The van der Waals surface area contributed by atoms with Crippen molar-refractivity contribution in [2.75, 3.05) is 19.7 Å². The summed E-state index contributed by atoms with van der Waals surface area (Å²) in [6, 6.07) is 14.8. The van der Waals surface area contributed by atoms with E-state index in [0.717, 1.165) is 11.6 Å². The van der Waals surface area contributed by atoms with Crippen molar-refractivity contribution in [2.24, 2.45) is 0 Å². The number of piperidine rings is 1. The number of halogens is 2. The molecule has 2 aromatic carbocycles. The third-order valence-electron chi connectivity index (χ3n) is 6.95. The van der Waals surface area contributed by atoms with Gasteiger partial charge in [0.15, 0.2) is 0 Å². The molecule has 1 atom stereocenters. The molecule has 5 rings (SSSR count). The highest BCUT2D eigenvalue weighted by Crippen LogP contribution is 2.39. The van der Waals surface area contributed by atoms with Crippen LogP contribution in [-0.2, 0) is 16.1 Å². The molecule has 0 bridgehead atoms. The van der Waals surface area contributed by atoms with E-state index in [1.807, 2.05) is 6.07 Å². The van der Waals surface area contributed by atoms with Gasteiger partial charge >= 0.3 is 0 Å². The second-order valence-electron chi connectivity index (χ2n) is 9.34. The van der Waals surface area contributed by atoms with Crippen LogP contribution in [0.5, 0.6) is 0 Å². The maximum Gasteiger partial charge on any atom is 0.256 e. The SMILES string of the molecule is O=C(NCc1cccnc1)C1COC2(CCN(C(=O)c3cccc(Cl)c3)CC2)N1C(=O)c1cccc(F)c1. The van der Waals surface area contributed by atoms with E-state index in [1.54, 1.807) is 47.6 Å². The van der Waals surface area contributed by atoms with Crippen LogP contribution in [0.3, 0.4) is 0 Å². The Kier molecular flexibility index (Phi) is 7.40. The molecule has 0 aliphatic carbocycles. The summed E-state index contributed by atoms with van der Waals surface area (Å²) in [4.78, 5) is 47.2. The van der Waals surface area contributed by atoms with Gasteiger partial charge in [-0.3, -0.25) is 24.3 Å². The predicted molar refractivity (Wildman–Crippen MR) is 138 cm³/mol. The largest absolute Gasteiger partial charge is 0.353 e. The number of hydrogen-bond donors (Lipinski definition) is 1. The topological polar surface area (TPSA) is 91.8 Å². The normalized spacial score (nSPS) is 18.4. The van der Waals surface area contributed by atoms with Crippen molar-refractivity contribution < 1.29 is 23.5 Å². The van der Waals surface area contributed by atoms with Crippen LogP contribution in [0.25, 0.3) is 0 Å². The lowest BCUT2D eigenvalue weighted by atomic mass is 9.96. The number of nitrogens with zero attached hydrogens (tertiary/aromatic N) is 3. The van der Waals surface area contributed by atoms with Crippen LogP contribution in [-0.4, -0.2) is 64.0 Å². The van der Waals surface area contributed by atoms with Crippen LogP contribution in [0.2, 0.25) is 5.02 Å². The zero-order chi connectivity index (χ0) is 26.7. The van der Waals surface area contributed by atoms with Gasteiger partial charge in [0.1, 0.15) is 17.6 Å². The summed E-state index contributed by atoms with van der Waals surface area (Å²) in [5.74, 6) is -1.61. The molecular formula is C28H26ClFN4O4. The van der Waals surface area contributed by atoms with Crippen molar-refractivity contribution in [1.82, 2.24) is 20.1 Å². The van der Waals surface area contributed by atoms with E-state index in [0.29, 0.717) is 36.5 Å². The molecule has 2 aliphatic rings. The Bertz CT molecular complexity index is 1350. The molecule has 3 aromatic rings. The number of aromatic nitrogens is 1. The van der Waals surface area contributed by atoms with Gasteiger partial charge in [0.2, 0.25) is 5.91 Å². The van der Waals surface area contributed by atoms with Crippen LogP contribution < -0.4 is 5.32 Å². The first-order valence-electron chi connectivity index (χ1n) is 12.3. The molecule has 2 saturated heterocycles. The highest BCUT2D eigenvalue weighted by Gasteiger charge is 2.54. The number of carbonyl (C=O) groups excluding carboxylic acids is 3. The molecule has 2 aliphatic heterocycles. The molecule has 3 amide bonds. The molecule has 1 N–H and O–H groups in total. The first-order chi connectivity index (χ1) is 18.4. The number of ether oxygens (including phenoxy) is 1. The van der Waals surface area contributed by atoms with Crippen molar-refractivity contribution in [3.63, 3.8) is 0 Å². The van der Waals surface area contributed by atoms with Crippen LogP contribution in [0.15, 0.2) is 73.1 Å². The Hall–Kier alpha value is -3.82. The number of pyridine rings is 1. The van der Waals surface area contributed by atoms with Crippen molar-refractivity contribution >= 4 is 29.3 Å². The lowest BCUT2D eigenvalue weighted by molar-refractivity contribution is -0.128. The fourth-order valence-electron chi connectivity index (χ4n) is 5.00. The summed E-state index contributed by atoms with van der Waals surface area (Å²) < 4.78 is 20.2. The summed E-state index contributed by atoms with van der Waals surface area (Å²) >= 11 is 6.06. The number of nitrogens with one attached hydrogen (secondary N) is 1. The van der Waals surface area contributed by atoms with Gasteiger partial charge in [-0.2, -0.15) is 0 Å². The average Bonchev–Trinajstić information content (AvgIpc) is 3.30. The average molecular weight is 537 g/mol. The number of likely N-dealkylation sites (tertiary alicyclic amines) is 1. The summed E-state index contributed by atoms with van der Waals surface area (Å²) in [5.41, 5.74) is 0.300. The van der Waals surface area contributed by atoms with Crippen LogP contribution in [0.1, 0.15) is 39.1 Å². The monoisotopic (exact) mass is 536 g/mol. The maximum atomic E-state index is 14.0. The van der Waals surface area contributed by atoms with Gasteiger partial charge < -0.3 is 15.0 Å². The second kappa shape index (κ2) is 10.9. The molecule has 1 unspecified atom stereocenters. The number of rotatable bonds is 5. The van der Waals surface area contributed by atoms with Crippen molar-refractivity contribution in [1.29, 1.82) is 0 Å². The maximum absolute atomic E-state index is 14.0. The molecule has 196 valence electrons. The van der Waals surface area contributed by atoms with Gasteiger partial charge in [-0.05, 0) is 48.0 Å². The van der Waals surface area contributed by atoms with Crippen molar-refractivity contribution in [3.8, 4) is 0 Å². The number of hydrogen-bond acceptors (Lipinski definition) is 5. The summed E-state index contributed by atoms with van der Waals surface area (Å²) in [7, 11) is 0. The third-order valence-corrected chi connectivity index (χ3v) is 7.18. The zero-order valence-electron chi connectivity index (χ0n) is 20.5. The van der Waals surface area contributed by atoms with E-state index in [4.69, 9.17) is 16.3 Å². The minimum absolute atomic E-state index is 0.0117. The molecule has 8 nitrogen and oxygen atoms in total. The Labute approximate surface area is 224 Å². The molecule has 3 heterocycles. The number of carbonyl (C=O) groups is 3. The Balaban J connectivity index is 1.37. The molecule has 38 heavy (non-hydrogen) atoms. The van der Waals surface area contributed by atoms with E-state index in [2.05, 4.69) is 10.3 Å². The fourth-order valence-corrected chi connectivity index (χ4v) is 5.19. The Morgan fingerprint density at radius 2 is 1.76 bits per heavy atom. The van der Waals surface area contributed by atoms with Gasteiger partial charge in [0, 0.05) is 61.0 Å². The first kappa shape index (κ1) is 25.8. The molecular weight excluding hydrogens is 511 g/mol. The Morgan fingerprint density at radius 3 is 2.45 bits per heavy atom. The van der Waals surface area contributed by atoms with E-state index >= 15 is 0 Å². The van der Waals surface area contributed by atoms with Gasteiger partial charge in [0.05, 0.1) is 6.61 Å². The lowest BCUT2D eigenvalue weighted by Crippen LogP contribution is -2.59. The minimum Gasteiger partial charge on any atom is -0.353 e. The fraction of sp³-hybridized carbons (Fsp3) is 0.286. The van der Waals surface area contributed by atoms with Crippen LogP contribution in [0.4, 0.5) is 4.39 Å². The van der Waals surface area contributed by atoms with Gasteiger partial charge in [-0.25, -0.2) is 4.39 Å². The van der Waals surface area contributed by atoms with Crippen LogP contribution in [0, 0.1) is 5.82 Å². The first-order valence-corrected chi connectivity index (χ1v) is 12.7. The van der Waals surface area contributed by atoms with E-state index < -0.39 is 23.5 Å². The summed E-state index contributed by atoms with van der Waals surface area (Å²) in [5, 5.41) is 3.33. The summed E-state index contributed by atoms with van der Waals surface area (Å²) in [6.07, 6.45) is 3.89. The third kappa shape index (κ3) is 5.25. The predicted octanol–water partition coefficient (Wildman–Crippen LogP) is 3.66. The molecule has 0 radical (unpaired) electrons. The van der Waals surface area contributed by atoms with E-state index in [9.17, 15) is 18.8 Å². The van der Waals surface area contributed by atoms with E-state index in [1.165, 1.54) is 23.1 Å². The molecule has 10 heteroatoms. The molecule has 2 fully saturated rings. The minimum atomic E-state index is -1.11. The lowest BCUT2D eigenvalue weighted by Gasteiger charge is -2.44. The van der Waals surface area contributed by atoms with E-state index in [-0.39, 0.29) is 30.5 Å². The number of amides is 3. The quantitative estimate of drug-likeness (QED) is 0.537. The zero-order valence-corrected chi connectivity index (χ0v) is 21.2. The molecule has 0 saturated carbocycles. The summed E-state index contributed by atoms with van der Waals surface area (Å²) in [6.45, 7) is 0.840. The van der Waals surface area contributed by atoms with Crippen LogP contribution >= 0.6 is 11.6 Å². The van der Waals surface area contributed by atoms with Crippen molar-refractivity contribution in [2.45, 2.75) is 31.2 Å². The van der Waals surface area contributed by atoms with Crippen molar-refractivity contribution in [3.05, 3.63) is 101 Å². The molecule has 1 aromatic heterocycles. The van der Waals surface area contributed by atoms with Gasteiger partial charge in [0.25, 0.3) is 11.8 Å². The second-order valence-corrected chi connectivity index (χ2v) is 9.78. The highest BCUT2D eigenvalue weighted by molar-refractivity contribution is 6.30. The molecule has 1 spiro atoms. The highest BCUT2D eigenvalue weighted by atomic mass is 35.5. The standard InChI is InChI=1S/C28H26ClFN4O4/c29-22-7-1-5-20(14-22)26(36)33-12-9-28(10-13-33)34(27(37)21-6-2-8-23(30)15-21)24(18-38-28)25(35)32-17-19-4-3-11-31-16-19/h1-8,11,14-16,24H,9-10,12-13,17-18H2,(H,32,35). The van der Waals surface area contributed by atoms with Gasteiger partial charge in [-0.15, -0.1) is 0 Å². The smallest absolute Gasteiger partial charge is 0.256 e.